The van der Waals surface area contributed by atoms with Gasteiger partial charge in [-0.15, -0.1) is 0 Å². The van der Waals surface area contributed by atoms with Crippen LogP contribution in [0.25, 0.3) is 0 Å². The van der Waals surface area contributed by atoms with E-state index in [4.69, 9.17) is 0 Å². The van der Waals surface area contributed by atoms with Gasteiger partial charge in [0, 0.05) is 19.4 Å². The SMILES string of the molecule is O=C(CCc1ccccc1F)NCCc1noc(=O)[nH]1. The molecule has 0 saturated carbocycles. The first kappa shape index (κ1) is 14.0. The Kier molecular flexibility index (Phi) is 4.65. The molecule has 0 aliphatic rings. The van der Waals surface area contributed by atoms with E-state index in [1.54, 1.807) is 18.2 Å². The Hall–Kier alpha value is -2.44. The van der Waals surface area contributed by atoms with Crippen LogP contribution in [0.15, 0.2) is 33.6 Å². The molecular formula is C13H14FN3O3. The highest BCUT2D eigenvalue weighted by molar-refractivity contribution is 5.76. The average molecular weight is 279 g/mol. The zero-order valence-corrected chi connectivity index (χ0v) is 10.7. The number of aromatic amines is 1. The predicted octanol–water partition coefficient (Wildman–Crippen LogP) is 0.793. The second-order valence-corrected chi connectivity index (χ2v) is 4.23. The van der Waals surface area contributed by atoms with Crippen LogP contribution in [-0.2, 0) is 17.6 Å². The lowest BCUT2D eigenvalue weighted by atomic mass is 10.1. The van der Waals surface area contributed by atoms with Crippen LogP contribution >= 0.6 is 0 Å². The van der Waals surface area contributed by atoms with Gasteiger partial charge in [0.2, 0.25) is 5.91 Å². The fourth-order valence-corrected chi connectivity index (χ4v) is 1.73. The highest BCUT2D eigenvalue weighted by Crippen LogP contribution is 2.08. The summed E-state index contributed by atoms with van der Waals surface area (Å²) in [4.78, 5) is 24.6. The van der Waals surface area contributed by atoms with Crippen molar-refractivity contribution in [2.45, 2.75) is 19.3 Å². The Balaban J connectivity index is 1.71. The second-order valence-electron chi connectivity index (χ2n) is 4.23. The molecule has 0 atom stereocenters. The maximum absolute atomic E-state index is 13.3. The van der Waals surface area contributed by atoms with Crippen molar-refractivity contribution >= 4 is 5.91 Å². The van der Waals surface area contributed by atoms with E-state index in [0.29, 0.717) is 30.8 Å². The maximum atomic E-state index is 13.3. The minimum atomic E-state index is -0.620. The molecule has 0 unspecified atom stereocenters. The Labute approximate surface area is 114 Å². The van der Waals surface area contributed by atoms with E-state index >= 15 is 0 Å². The molecule has 1 heterocycles. The number of aromatic nitrogens is 2. The highest BCUT2D eigenvalue weighted by Gasteiger charge is 2.06. The number of rotatable bonds is 6. The first-order valence-electron chi connectivity index (χ1n) is 6.20. The Morgan fingerprint density at radius 2 is 2.15 bits per heavy atom. The van der Waals surface area contributed by atoms with Crippen LogP contribution in [-0.4, -0.2) is 22.6 Å². The Bertz CT molecular complexity index is 636. The van der Waals surface area contributed by atoms with Gasteiger partial charge in [0.25, 0.3) is 0 Å². The van der Waals surface area contributed by atoms with Crippen molar-refractivity contribution in [2.24, 2.45) is 0 Å². The van der Waals surface area contributed by atoms with Crippen LogP contribution < -0.4 is 11.1 Å². The van der Waals surface area contributed by atoms with Crippen LogP contribution in [0.3, 0.4) is 0 Å². The summed E-state index contributed by atoms with van der Waals surface area (Å²) in [5.74, 6) is -0.727. The lowest BCUT2D eigenvalue weighted by Crippen LogP contribution is -2.26. The molecule has 2 rings (SSSR count). The number of benzene rings is 1. The van der Waals surface area contributed by atoms with Gasteiger partial charge in [-0.05, 0) is 18.1 Å². The van der Waals surface area contributed by atoms with Gasteiger partial charge >= 0.3 is 5.76 Å². The molecule has 6 nitrogen and oxygen atoms in total. The molecule has 0 saturated heterocycles. The van der Waals surface area contributed by atoms with Crippen molar-refractivity contribution in [1.82, 2.24) is 15.5 Å². The molecule has 2 N–H and O–H groups in total. The molecule has 1 aromatic heterocycles. The molecule has 0 fully saturated rings. The number of halogens is 1. The van der Waals surface area contributed by atoms with Crippen molar-refractivity contribution in [3.05, 3.63) is 52.0 Å². The van der Waals surface area contributed by atoms with Crippen LogP contribution in [0.5, 0.6) is 0 Å². The quantitative estimate of drug-likeness (QED) is 0.818. The van der Waals surface area contributed by atoms with E-state index < -0.39 is 5.76 Å². The number of nitrogens with zero attached hydrogens (tertiary/aromatic N) is 1. The maximum Gasteiger partial charge on any atom is 0.438 e. The normalized spacial score (nSPS) is 10.4. The summed E-state index contributed by atoms with van der Waals surface area (Å²) in [5.41, 5.74) is 0.517. The third kappa shape index (κ3) is 4.04. The number of carbonyl (C=O) groups excluding carboxylic acids is 1. The summed E-state index contributed by atoms with van der Waals surface area (Å²) in [7, 11) is 0. The van der Waals surface area contributed by atoms with Gasteiger partial charge in [-0.25, -0.2) is 9.18 Å². The summed E-state index contributed by atoms with van der Waals surface area (Å²) in [5, 5.41) is 6.14. The van der Waals surface area contributed by atoms with E-state index in [2.05, 4.69) is 20.0 Å². The van der Waals surface area contributed by atoms with Gasteiger partial charge in [0.15, 0.2) is 5.82 Å². The van der Waals surface area contributed by atoms with Gasteiger partial charge in [-0.1, -0.05) is 23.4 Å². The van der Waals surface area contributed by atoms with Crippen LogP contribution in [0, 0.1) is 5.82 Å². The van der Waals surface area contributed by atoms with Crippen molar-refractivity contribution in [3.8, 4) is 0 Å². The molecule has 0 bridgehead atoms. The standard InChI is InChI=1S/C13H14FN3O3/c14-10-4-2-1-3-9(10)5-6-12(18)15-8-7-11-16-13(19)20-17-11/h1-4H,5-8H2,(H,15,18)(H,16,17,19). The van der Waals surface area contributed by atoms with Crippen molar-refractivity contribution in [3.63, 3.8) is 0 Å². The molecule has 2 aromatic rings. The summed E-state index contributed by atoms with van der Waals surface area (Å²) >= 11 is 0. The zero-order valence-electron chi connectivity index (χ0n) is 10.7. The van der Waals surface area contributed by atoms with Crippen LogP contribution in [0.2, 0.25) is 0 Å². The van der Waals surface area contributed by atoms with E-state index in [1.165, 1.54) is 6.07 Å². The molecule has 1 aromatic carbocycles. The lowest BCUT2D eigenvalue weighted by molar-refractivity contribution is -0.121. The second kappa shape index (κ2) is 6.65. The van der Waals surface area contributed by atoms with Gasteiger partial charge in [-0.2, -0.15) is 0 Å². The van der Waals surface area contributed by atoms with Gasteiger partial charge in [-0.3, -0.25) is 14.3 Å². The molecule has 0 spiro atoms. The van der Waals surface area contributed by atoms with Gasteiger partial charge in [0.1, 0.15) is 5.82 Å². The average Bonchev–Trinajstić information content (AvgIpc) is 2.83. The third-order valence-corrected chi connectivity index (χ3v) is 2.75. The van der Waals surface area contributed by atoms with E-state index in [1.807, 2.05) is 0 Å². The molecule has 7 heteroatoms. The van der Waals surface area contributed by atoms with E-state index in [-0.39, 0.29) is 18.1 Å². The van der Waals surface area contributed by atoms with Gasteiger partial charge < -0.3 is 5.32 Å². The molecule has 1 amide bonds. The summed E-state index contributed by atoms with van der Waals surface area (Å²) in [6, 6.07) is 6.37. The number of amides is 1. The topological polar surface area (TPSA) is 88.0 Å². The Morgan fingerprint density at radius 1 is 1.35 bits per heavy atom. The van der Waals surface area contributed by atoms with Gasteiger partial charge in [0.05, 0.1) is 0 Å². The summed E-state index contributed by atoms with van der Waals surface area (Å²) in [6.45, 7) is 0.332. The number of aryl methyl sites for hydroxylation is 1. The minimum Gasteiger partial charge on any atom is -0.356 e. The number of hydrogen-bond acceptors (Lipinski definition) is 4. The predicted molar refractivity (Wildman–Crippen MR) is 68.6 cm³/mol. The molecule has 106 valence electrons. The fourth-order valence-electron chi connectivity index (χ4n) is 1.73. The third-order valence-electron chi connectivity index (χ3n) is 2.75. The summed E-state index contributed by atoms with van der Waals surface area (Å²) in [6.07, 6.45) is 0.923. The first-order valence-corrected chi connectivity index (χ1v) is 6.20. The summed E-state index contributed by atoms with van der Waals surface area (Å²) < 4.78 is 17.7. The molecular weight excluding hydrogens is 265 g/mol. The number of nitrogens with one attached hydrogen (secondary N) is 2. The van der Waals surface area contributed by atoms with Crippen LogP contribution in [0.1, 0.15) is 17.8 Å². The van der Waals surface area contributed by atoms with Crippen molar-refractivity contribution in [2.75, 3.05) is 6.54 Å². The number of hydrogen-bond donors (Lipinski definition) is 2. The first-order chi connectivity index (χ1) is 9.65. The largest absolute Gasteiger partial charge is 0.438 e. The van der Waals surface area contributed by atoms with Crippen molar-refractivity contribution in [1.29, 1.82) is 0 Å². The number of carbonyl (C=O) groups is 1. The Morgan fingerprint density at radius 3 is 2.85 bits per heavy atom. The minimum absolute atomic E-state index is 0.181. The number of H-pyrrole nitrogens is 1. The molecule has 20 heavy (non-hydrogen) atoms. The molecule has 0 aliphatic heterocycles. The molecule has 0 aliphatic carbocycles. The highest BCUT2D eigenvalue weighted by atomic mass is 19.1. The lowest BCUT2D eigenvalue weighted by Gasteiger charge is -2.04. The van der Waals surface area contributed by atoms with Crippen LogP contribution in [0.4, 0.5) is 4.39 Å². The smallest absolute Gasteiger partial charge is 0.356 e. The fraction of sp³-hybridized carbons (Fsp3) is 0.308. The van der Waals surface area contributed by atoms with E-state index in [0.717, 1.165) is 0 Å². The van der Waals surface area contributed by atoms with Crippen molar-refractivity contribution < 1.29 is 13.7 Å². The van der Waals surface area contributed by atoms with E-state index in [9.17, 15) is 14.0 Å². The zero-order chi connectivity index (χ0) is 14.4. The molecule has 0 radical (unpaired) electrons. The monoisotopic (exact) mass is 279 g/mol.